The Morgan fingerprint density at radius 2 is 1.68 bits per heavy atom. The number of rotatable bonds is 6. The SMILES string of the molecule is CC(=O)Nc1ccc(C(=O)COC(=O)Cc2ccc(Cl)c(Cl)c2)cc1. The van der Waals surface area contributed by atoms with E-state index >= 15 is 0 Å². The van der Waals surface area contributed by atoms with Gasteiger partial charge in [0.2, 0.25) is 5.91 Å². The van der Waals surface area contributed by atoms with Gasteiger partial charge in [0.25, 0.3) is 0 Å². The predicted molar refractivity (Wildman–Crippen MR) is 96.2 cm³/mol. The molecular weight excluding hydrogens is 365 g/mol. The first kappa shape index (κ1) is 19.0. The van der Waals surface area contributed by atoms with E-state index in [2.05, 4.69) is 5.32 Å². The molecule has 130 valence electrons. The van der Waals surface area contributed by atoms with Crippen LogP contribution >= 0.6 is 23.2 Å². The number of esters is 1. The van der Waals surface area contributed by atoms with Gasteiger partial charge in [0.15, 0.2) is 12.4 Å². The molecule has 2 aromatic rings. The largest absolute Gasteiger partial charge is 0.457 e. The van der Waals surface area contributed by atoms with E-state index in [1.165, 1.54) is 6.92 Å². The van der Waals surface area contributed by atoms with Crippen molar-refractivity contribution in [2.75, 3.05) is 11.9 Å². The van der Waals surface area contributed by atoms with Crippen molar-refractivity contribution >= 4 is 46.5 Å². The Labute approximate surface area is 154 Å². The van der Waals surface area contributed by atoms with Gasteiger partial charge in [-0.15, -0.1) is 0 Å². The third kappa shape index (κ3) is 5.89. The Hall–Kier alpha value is -2.37. The van der Waals surface area contributed by atoms with E-state index in [0.717, 1.165) is 0 Å². The summed E-state index contributed by atoms with van der Waals surface area (Å²) in [6.45, 7) is 1.03. The fourth-order valence-corrected chi connectivity index (χ4v) is 2.36. The van der Waals surface area contributed by atoms with Crippen LogP contribution in [0.3, 0.4) is 0 Å². The van der Waals surface area contributed by atoms with E-state index in [9.17, 15) is 14.4 Å². The van der Waals surface area contributed by atoms with Gasteiger partial charge in [-0.25, -0.2) is 0 Å². The summed E-state index contributed by atoms with van der Waals surface area (Å²) in [5, 5.41) is 3.35. The molecule has 0 atom stereocenters. The van der Waals surface area contributed by atoms with E-state index in [4.69, 9.17) is 27.9 Å². The minimum absolute atomic E-state index is 0.00830. The number of halogens is 2. The molecule has 0 aliphatic rings. The van der Waals surface area contributed by atoms with Gasteiger partial charge in [0.1, 0.15) is 0 Å². The molecule has 0 bridgehead atoms. The van der Waals surface area contributed by atoms with Crippen molar-refractivity contribution in [2.45, 2.75) is 13.3 Å². The summed E-state index contributed by atoms with van der Waals surface area (Å²) in [5.74, 6) is -1.08. The maximum Gasteiger partial charge on any atom is 0.310 e. The van der Waals surface area contributed by atoms with Crippen LogP contribution in [0.4, 0.5) is 5.69 Å². The molecule has 25 heavy (non-hydrogen) atoms. The summed E-state index contributed by atoms with van der Waals surface area (Å²) in [4.78, 5) is 34.8. The van der Waals surface area contributed by atoms with Crippen LogP contribution in [0.5, 0.6) is 0 Å². The van der Waals surface area contributed by atoms with Crippen LogP contribution in [-0.4, -0.2) is 24.3 Å². The molecule has 0 spiro atoms. The number of Topliss-reactive ketones (excluding diaryl/α,β-unsaturated/α-hetero) is 1. The molecule has 0 saturated carbocycles. The lowest BCUT2D eigenvalue weighted by Gasteiger charge is -2.06. The molecule has 1 amide bonds. The first-order chi connectivity index (χ1) is 11.8. The van der Waals surface area contributed by atoms with Gasteiger partial charge in [-0.2, -0.15) is 0 Å². The van der Waals surface area contributed by atoms with Crippen LogP contribution in [-0.2, 0) is 20.7 Å². The second-order valence-corrected chi connectivity index (χ2v) is 6.08. The van der Waals surface area contributed by atoms with Crippen LogP contribution < -0.4 is 5.32 Å². The number of anilines is 1. The van der Waals surface area contributed by atoms with Crippen LogP contribution in [0.2, 0.25) is 10.0 Å². The minimum Gasteiger partial charge on any atom is -0.457 e. The zero-order valence-electron chi connectivity index (χ0n) is 13.3. The lowest BCUT2D eigenvalue weighted by Crippen LogP contribution is -2.15. The molecule has 0 fully saturated rings. The van der Waals surface area contributed by atoms with Crippen molar-refractivity contribution < 1.29 is 19.1 Å². The Balaban J connectivity index is 1.87. The molecule has 7 heteroatoms. The monoisotopic (exact) mass is 379 g/mol. The van der Waals surface area contributed by atoms with Gasteiger partial charge in [-0.05, 0) is 42.0 Å². The summed E-state index contributed by atoms with van der Waals surface area (Å²) in [7, 11) is 0. The van der Waals surface area contributed by atoms with Crippen LogP contribution in [0.15, 0.2) is 42.5 Å². The molecule has 0 heterocycles. The minimum atomic E-state index is -0.540. The van der Waals surface area contributed by atoms with Crippen LogP contribution in [0.25, 0.3) is 0 Å². The Bertz CT molecular complexity index is 803. The van der Waals surface area contributed by atoms with Crippen LogP contribution in [0, 0.1) is 0 Å². The molecule has 0 radical (unpaired) electrons. The fourth-order valence-electron chi connectivity index (χ4n) is 2.04. The lowest BCUT2D eigenvalue weighted by atomic mass is 10.1. The third-order valence-electron chi connectivity index (χ3n) is 3.22. The van der Waals surface area contributed by atoms with Crippen molar-refractivity contribution in [3.63, 3.8) is 0 Å². The number of ether oxygens (including phenoxy) is 1. The van der Waals surface area contributed by atoms with Crippen molar-refractivity contribution in [3.05, 3.63) is 63.6 Å². The number of hydrogen-bond donors (Lipinski definition) is 1. The molecule has 0 aliphatic carbocycles. The van der Waals surface area contributed by atoms with Gasteiger partial charge in [0.05, 0.1) is 16.5 Å². The second-order valence-electron chi connectivity index (χ2n) is 5.27. The average molecular weight is 380 g/mol. The van der Waals surface area contributed by atoms with Crippen LogP contribution in [0.1, 0.15) is 22.8 Å². The number of hydrogen-bond acceptors (Lipinski definition) is 4. The van der Waals surface area contributed by atoms with Gasteiger partial charge in [-0.1, -0.05) is 29.3 Å². The summed E-state index contributed by atoms with van der Waals surface area (Å²) >= 11 is 11.7. The third-order valence-corrected chi connectivity index (χ3v) is 3.96. The van der Waals surface area contributed by atoms with Gasteiger partial charge >= 0.3 is 5.97 Å². The predicted octanol–water partition coefficient (Wildman–Crippen LogP) is 3.92. The van der Waals surface area contributed by atoms with Crippen molar-refractivity contribution in [1.29, 1.82) is 0 Å². The summed E-state index contributed by atoms with van der Waals surface area (Å²) in [6.07, 6.45) is -0.00830. The highest BCUT2D eigenvalue weighted by molar-refractivity contribution is 6.42. The summed E-state index contributed by atoms with van der Waals surface area (Å²) in [6, 6.07) is 11.2. The number of carbonyl (C=O) groups excluding carboxylic acids is 3. The zero-order valence-corrected chi connectivity index (χ0v) is 14.9. The summed E-state index contributed by atoms with van der Waals surface area (Å²) in [5.41, 5.74) is 1.61. The molecule has 0 unspecified atom stereocenters. The first-order valence-corrected chi connectivity index (χ1v) is 8.11. The lowest BCUT2D eigenvalue weighted by molar-refractivity contribution is -0.141. The van der Waals surface area contributed by atoms with Gasteiger partial charge in [-0.3, -0.25) is 14.4 Å². The van der Waals surface area contributed by atoms with Gasteiger partial charge in [0, 0.05) is 18.2 Å². The molecular formula is C18H15Cl2NO4. The maximum absolute atomic E-state index is 12.0. The average Bonchev–Trinajstić information content (AvgIpc) is 2.56. The smallest absolute Gasteiger partial charge is 0.310 e. The van der Waals surface area contributed by atoms with E-state index < -0.39 is 5.97 Å². The Kier molecular flexibility index (Phi) is 6.56. The Morgan fingerprint density at radius 1 is 1.00 bits per heavy atom. The maximum atomic E-state index is 12.0. The molecule has 0 saturated heterocycles. The van der Waals surface area contributed by atoms with Crippen molar-refractivity contribution in [2.24, 2.45) is 0 Å². The normalized spacial score (nSPS) is 10.2. The number of amides is 1. The molecule has 5 nitrogen and oxygen atoms in total. The quantitative estimate of drug-likeness (QED) is 0.609. The second kappa shape index (κ2) is 8.65. The number of nitrogens with one attached hydrogen (secondary N) is 1. The van der Waals surface area contributed by atoms with E-state index in [1.54, 1.807) is 42.5 Å². The van der Waals surface area contributed by atoms with Gasteiger partial charge < -0.3 is 10.1 Å². The Morgan fingerprint density at radius 3 is 2.28 bits per heavy atom. The van der Waals surface area contributed by atoms with E-state index in [-0.39, 0.29) is 24.7 Å². The standard InChI is InChI=1S/C18H15Cl2NO4/c1-11(22)21-14-5-3-13(4-6-14)17(23)10-25-18(24)9-12-2-7-15(19)16(20)8-12/h2-8H,9-10H2,1H3,(H,21,22). The fraction of sp³-hybridized carbons (Fsp3) is 0.167. The molecule has 1 N–H and O–H groups in total. The number of ketones is 1. The number of benzene rings is 2. The summed E-state index contributed by atoms with van der Waals surface area (Å²) < 4.78 is 4.99. The molecule has 2 rings (SSSR count). The van der Waals surface area contributed by atoms with Crippen molar-refractivity contribution in [3.8, 4) is 0 Å². The van der Waals surface area contributed by atoms with E-state index in [1.807, 2.05) is 0 Å². The van der Waals surface area contributed by atoms with E-state index in [0.29, 0.717) is 26.9 Å². The molecule has 2 aromatic carbocycles. The topological polar surface area (TPSA) is 72.5 Å². The first-order valence-electron chi connectivity index (χ1n) is 7.35. The highest BCUT2D eigenvalue weighted by Crippen LogP contribution is 2.22. The highest BCUT2D eigenvalue weighted by Gasteiger charge is 2.11. The zero-order chi connectivity index (χ0) is 18.4. The van der Waals surface area contributed by atoms with Crippen molar-refractivity contribution in [1.82, 2.24) is 0 Å². The number of carbonyl (C=O) groups is 3. The molecule has 0 aromatic heterocycles. The molecule has 0 aliphatic heterocycles. The highest BCUT2D eigenvalue weighted by atomic mass is 35.5.